The molecule has 0 radical (unpaired) electrons. The van der Waals surface area contributed by atoms with Gasteiger partial charge in [0.25, 0.3) is 0 Å². The first-order valence-corrected chi connectivity index (χ1v) is 15.3. The van der Waals surface area contributed by atoms with Gasteiger partial charge in [-0.1, -0.05) is 60.7 Å². The van der Waals surface area contributed by atoms with Gasteiger partial charge in [0.15, 0.2) is 0 Å². The fourth-order valence-electron chi connectivity index (χ4n) is 7.03. The average molecular weight is 525 g/mol. The first kappa shape index (κ1) is 25.2. The van der Waals surface area contributed by atoms with E-state index in [2.05, 4.69) is 109 Å². The Morgan fingerprint density at radius 3 is 1.48 bits per heavy atom. The molecule has 0 saturated carbocycles. The molecular formula is C38H40N2. The van der Waals surface area contributed by atoms with Crippen molar-refractivity contribution in [1.29, 1.82) is 0 Å². The Kier molecular flexibility index (Phi) is 6.71. The minimum Gasteiger partial charge on any atom is -0.372 e. The van der Waals surface area contributed by atoms with E-state index in [0.29, 0.717) is 0 Å². The highest BCUT2D eigenvalue weighted by atomic mass is 15.1. The molecule has 2 aliphatic heterocycles. The molecule has 0 atom stereocenters. The highest BCUT2D eigenvalue weighted by Gasteiger charge is 2.21. The normalized spacial score (nSPS) is 16.1. The molecule has 2 nitrogen and oxygen atoms in total. The van der Waals surface area contributed by atoms with E-state index >= 15 is 0 Å². The van der Waals surface area contributed by atoms with Crippen LogP contribution in [0.15, 0.2) is 84.9 Å². The number of aryl methyl sites for hydroxylation is 2. The molecule has 0 N–H and O–H groups in total. The number of anilines is 2. The monoisotopic (exact) mass is 524 g/mol. The van der Waals surface area contributed by atoms with Crippen LogP contribution in [0.4, 0.5) is 11.4 Å². The van der Waals surface area contributed by atoms with Crippen LogP contribution in [0.3, 0.4) is 0 Å². The Morgan fingerprint density at radius 1 is 0.425 bits per heavy atom. The van der Waals surface area contributed by atoms with Gasteiger partial charge in [0.1, 0.15) is 0 Å². The summed E-state index contributed by atoms with van der Waals surface area (Å²) in [6, 6.07) is 32.7. The lowest BCUT2D eigenvalue weighted by Crippen LogP contribution is -2.29. The van der Waals surface area contributed by atoms with Crippen LogP contribution in [0.5, 0.6) is 0 Å². The predicted octanol–water partition coefficient (Wildman–Crippen LogP) is 9.92. The SMILES string of the molecule is Cc1ccc(-c2c3ccc(N4CCCCC4)cc3c(-c3ccccc3)c3ccc(N4CCCCC4)cc23)cc1C. The van der Waals surface area contributed by atoms with Crippen molar-refractivity contribution in [3.8, 4) is 22.3 Å². The van der Waals surface area contributed by atoms with Crippen LogP contribution in [-0.4, -0.2) is 26.2 Å². The van der Waals surface area contributed by atoms with Crippen LogP contribution in [0.25, 0.3) is 43.8 Å². The van der Waals surface area contributed by atoms with Crippen molar-refractivity contribution in [2.45, 2.75) is 52.4 Å². The smallest absolute Gasteiger partial charge is 0.0372 e. The van der Waals surface area contributed by atoms with E-state index in [4.69, 9.17) is 0 Å². The number of benzene rings is 5. The molecule has 5 aromatic carbocycles. The Morgan fingerprint density at radius 2 is 0.950 bits per heavy atom. The Bertz CT molecular complexity index is 1670. The van der Waals surface area contributed by atoms with Gasteiger partial charge in [0, 0.05) is 37.6 Å². The highest BCUT2D eigenvalue weighted by Crippen LogP contribution is 2.46. The summed E-state index contributed by atoms with van der Waals surface area (Å²) in [6.45, 7) is 9.08. The molecular weight excluding hydrogens is 484 g/mol. The molecule has 40 heavy (non-hydrogen) atoms. The van der Waals surface area contributed by atoms with Crippen LogP contribution in [0.1, 0.15) is 49.7 Å². The van der Waals surface area contributed by atoms with Crippen molar-refractivity contribution < 1.29 is 0 Å². The maximum atomic E-state index is 2.60. The van der Waals surface area contributed by atoms with Gasteiger partial charge in [-0.25, -0.2) is 0 Å². The fraction of sp³-hybridized carbons (Fsp3) is 0.316. The first-order chi connectivity index (χ1) is 19.7. The second-order valence-corrected chi connectivity index (χ2v) is 12.0. The summed E-state index contributed by atoms with van der Waals surface area (Å²) < 4.78 is 0. The largest absolute Gasteiger partial charge is 0.372 e. The molecule has 2 heterocycles. The molecule has 0 aliphatic carbocycles. The number of hydrogen-bond donors (Lipinski definition) is 0. The number of nitrogens with zero attached hydrogens (tertiary/aromatic N) is 2. The van der Waals surface area contributed by atoms with Gasteiger partial charge >= 0.3 is 0 Å². The summed E-state index contributed by atoms with van der Waals surface area (Å²) in [5, 5.41) is 5.43. The zero-order valence-electron chi connectivity index (χ0n) is 24.0. The zero-order chi connectivity index (χ0) is 27.1. The Hall–Kier alpha value is -3.78. The van der Waals surface area contributed by atoms with Crippen LogP contribution >= 0.6 is 0 Å². The molecule has 202 valence electrons. The lowest BCUT2D eigenvalue weighted by atomic mass is 9.84. The summed E-state index contributed by atoms with van der Waals surface area (Å²) in [5.41, 5.74) is 10.8. The van der Waals surface area contributed by atoms with E-state index in [1.807, 2.05) is 0 Å². The zero-order valence-corrected chi connectivity index (χ0v) is 24.0. The summed E-state index contributed by atoms with van der Waals surface area (Å²) in [5.74, 6) is 0. The maximum Gasteiger partial charge on any atom is 0.0372 e. The van der Waals surface area contributed by atoms with Crippen molar-refractivity contribution in [3.63, 3.8) is 0 Å². The second-order valence-electron chi connectivity index (χ2n) is 12.0. The van der Waals surface area contributed by atoms with Crippen molar-refractivity contribution in [2.24, 2.45) is 0 Å². The molecule has 0 aromatic heterocycles. The van der Waals surface area contributed by atoms with Crippen LogP contribution < -0.4 is 9.80 Å². The lowest BCUT2D eigenvalue weighted by molar-refractivity contribution is 0.578. The summed E-state index contributed by atoms with van der Waals surface area (Å²) in [6.07, 6.45) is 7.84. The summed E-state index contributed by atoms with van der Waals surface area (Å²) >= 11 is 0. The van der Waals surface area contributed by atoms with E-state index in [-0.39, 0.29) is 0 Å². The fourth-order valence-corrected chi connectivity index (χ4v) is 7.03. The van der Waals surface area contributed by atoms with E-state index in [9.17, 15) is 0 Å². The molecule has 2 heteroatoms. The average Bonchev–Trinajstić information content (AvgIpc) is 3.02. The van der Waals surface area contributed by atoms with Gasteiger partial charge < -0.3 is 9.80 Å². The summed E-state index contributed by atoms with van der Waals surface area (Å²) in [4.78, 5) is 5.19. The van der Waals surface area contributed by atoms with Gasteiger partial charge in [-0.05, 0) is 132 Å². The van der Waals surface area contributed by atoms with Crippen LogP contribution in [0.2, 0.25) is 0 Å². The van der Waals surface area contributed by atoms with E-state index < -0.39 is 0 Å². The topological polar surface area (TPSA) is 6.48 Å². The highest BCUT2D eigenvalue weighted by molar-refractivity contribution is 6.22. The molecule has 0 bridgehead atoms. The van der Waals surface area contributed by atoms with E-state index in [1.165, 1.54) is 105 Å². The van der Waals surface area contributed by atoms with Gasteiger partial charge in [-0.15, -0.1) is 0 Å². The van der Waals surface area contributed by atoms with Crippen molar-refractivity contribution in [2.75, 3.05) is 36.0 Å². The van der Waals surface area contributed by atoms with Gasteiger partial charge in [-0.3, -0.25) is 0 Å². The molecule has 0 spiro atoms. The Balaban J connectivity index is 1.57. The van der Waals surface area contributed by atoms with E-state index in [1.54, 1.807) is 0 Å². The van der Waals surface area contributed by atoms with Crippen LogP contribution in [-0.2, 0) is 0 Å². The number of rotatable bonds is 4. The molecule has 2 aliphatic rings. The molecule has 7 rings (SSSR count). The number of hydrogen-bond acceptors (Lipinski definition) is 2. The molecule has 5 aromatic rings. The molecule has 0 unspecified atom stereocenters. The van der Waals surface area contributed by atoms with Gasteiger partial charge in [0.2, 0.25) is 0 Å². The van der Waals surface area contributed by atoms with Crippen molar-refractivity contribution in [1.82, 2.24) is 0 Å². The minimum atomic E-state index is 1.16. The third kappa shape index (κ3) is 4.54. The van der Waals surface area contributed by atoms with Crippen molar-refractivity contribution in [3.05, 3.63) is 96.1 Å². The van der Waals surface area contributed by atoms with Crippen molar-refractivity contribution >= 4 is 32.9 Å². The van der Waals surface area contributed by atoms with Crippen LogP contribution in [0, 0.1) is 13.8 Å². The third-order valence-electron chi connectivity index (χ3n) is 9.38. The van der Waals surface area contributed by atoms with E-state index in [0.717, 1.165) is 26.2 Å². The molecule has 2 saturated heterocycles. The molecule has 0 amide bonds. The van der Waals surface area contributed by atoms with Gasteiger partial charge in [0.05, 0.1) is 0 Å². The number of piperidine rings is 2. The quantitative estimate of drug-likeness (QED) is 0.216. The maximum absolute atomic E-state index is 2.60. The number of fused-ring (bicyclic) bond motifs is 2. The van der Waals surface area contributed by atoms with Gasteiger partial charge in [-0.2, -0.15) is 0 Å². The second kappa shape index (κ2) is 10.7. The minimum absolute atomic E-state index is 1.16. The summed E-state index contributed by atoms with van der Waals surface area (Å²) in [7, 11) is 0. The third-order valence-corrected chi connectivity index (χ3v) is 9.38. The standard InChI is InChI=1S/C38H40N2/c1-27-14-15-30(24-28(27)2)38-34-19-17-31(39-20-8-4-9-21-39)25-35(34)37(29-12-6-3-7-13-29)33-18-16-32(26-36(33)38)40-22-10-5-11-23-40/h3,6-7,12-19,24-26H,4-5,8-11,20-23H2,1-2H3. The first-order valence-electron chi connectivity index (χ1n) is 15.3. The predicted molar refractivity (Wildman–Crippen MR) is 174 cm³/mol. The molecule has 2 fully saturated rings. The Labute approximate surface area is 239 Å². The lowest BCUT2D eigenvalue weighted by Gasteiger charge is -2.30.